The van der Waals surface area contributed by atoms with Gasteiger partial charge in [-0.1, -0.05) is 0 Å². The van der Waals surface area contributed by atoms with Crippen LogP contribution in [0.5, 0.6) is 0 Å². The Kier molecular flexibility index (Phi) is 7.63. The number of esters is 3. The minimum Gasteiger partial charge on any atom is -0.466 e. The number of hydrogen-bond donors (Lipinski definition) is 0. The number of rotatable bonds is 5. The second-order valence-corrected chi connectivity index (χ2v) is 8.85. The summed E-state index contributed by atoms with van der Waals surface area (Å²) in [6, 6.07) is 0. The lowest BCUT2D eigenvalue weighted by molar-refractivity contribution is -0.246. The standard InChI is InChI=1S/C18H32O7/c1-16(2,3)14(20)23-11(12(19)22-10)13(25-18(7,8)9)24-15(21)17(4,5)6/h11,13H,1-10H3/t11-,13+/m1/s1. The van der Waals surface area contributed by atoms with Gasteiger partial charge in [-0.25, -0.2) is 4.79 Å². The Morgan fingerprint density at radius 2 is 1.12 bits per heavy atom. The van der Waals surface area contributed by atoms with Crippen molar-refractivity contribution in [1.82, 2.24) is 0 Å². The van der Waals surface area contributed by atoms with E-state index in [0.29, 0.717) is 0 Å². The highest BCUT2D eigenvalue weighted by molar-refractivity contribution is 5.82. The Morgan fingerprint density at radius 3 is 1.44 bits per heavy atom. The van der Waals surface area contributed by atoms with Gasteiger partial charge in [-0.3, -0.25) is 9.59 Å². The van der Waals surface area contributed by atoms with Gasteiger partial charge in [0, 0.05) is 0 Å². The molecule has 0 saturated heterocycles. The molecular weight excluding hydrogens is 328 g/mol. The number of ether oxygens (including phenoxy) is 4. The molecule has 0 aliphatic heterocycles. The van der Waals surface area contributed by atoms with Gasteiger partial charge in [0.05, 0.1) is 23.5 Å². The third-order valence-corrected chi connectivity index (χ3v) is 2.83. The van der Waals surface area contributed by atoms with Crippen molar-refractivity contribution in [1.29, 1.82) is 0 Å². The lowest BCUT2D eigenvalue weighted by atomic mass is 9.97. The summed E-state index contributed by atoms with van der Waals surface area (Å²) in [6.45, 7) is 15.1. The van der Waals surface area contributed by atoms with Gasteiger partial charge < -0.3 is 18.9 Å². The smallest absolute Gasteiger partial charge is 0.353 e. The van der Waals surface area contributed by atoms with Crippen molar-refractivity contribution >= 4 is 17.9 Å². The lowest BCUT2D eigenvalue weighted by Crippen LogP contribution is -2.48. The summed E-state index contributed by atoms with van der Waals surface area (Å²) in [6.07, 6.45) is -2.95. The van der Waals surface area contributed by atoms with Crippen LogP contribution in [0, 0.1) is 10.8 Å². The molecule has 25 heavy (non-hydrogen) atoms. The minimum absolute atomic E-state index is 0.595. The Bertz CT molecular complexity index is 489. The number of hydrogen-bond acceptors (Lipinski definition) is 7. The monoisotopic (exact) mass is 360 g/mol. The second-order valence-electron chi connectivity index (χ2n) is 8.85. The molecule has 0 heterocycles. The molecule has 0 bridgehead atoms. The van der Waals surface area contributed by atoms with Crippen molar-refractivity contribution in [3.8, 4) is 0 Å². The molecule has 0 rings (SSSR count). The molecule has 0 amide bonds. The van der Waals surface area contributed by atoms with Gasteiger partial charge in [0.25, 0.3) is 12.4 Å². The zero-order chi connectivity index (χ0) is 20.2. The molecule has 0 spiro atoms. The molecule has 7 nitrogen and oxygen atoms in total. The van der Waals surface area contributed by atoms with E-state index < -0.39 is 46.7 Å². The summed E-state index contributed by atoms with van der Waals surface area (Å²) in [4.78, 5) is 36.6. The average molecular weight is 360 g/mol. The van der Waals surface area contributed by atoms with Crippen molar-refractivity contribution in [2.24, 2.45) is 10.8 Å². The summed E-state index contributed by atoms with van der Waals surface area (Å²) in [5.41, 5.74) is -2.44. The lowest BCUT2D eigenvalue weighted by Gasteiger charge is -2.33. The molecule has 7 heteroatoms. The van der Waals surface area contributed by atoms with Crippen molar-refractivity contribution in [3.05, 3.63) is 0 Å². The molecule has 0 radical (unpaired) electrons. The maximum atomic E-state index is 12.3. The van der Waals surface area contributed by atoms with Crippen LogP contribution < -0.4 is 0 Å². The van der Waals surface area contributed by atoms with Crippen LogP contribution in [0.3, 0.4) is 0 Å². The second kappa shape index (κ2) is 8.17. The van der Waals surface area contributed by atoms with Crippen LogP contribution in [0.1, 0.15) is 62.3 Å². The zero-order valence-corrected chi connectivity index (χ0v) is 17.0. The third-order valence-electron chi connectivity index (χ3n) is 2.83. The van der Waals surface area contributed by atoms with E-state index >= 15 is 0 Å². The SMILES string of the molecule is COC(=O)[C@@H](OC(=O)C(C)(C)C)[C@@H](OC(=O)C(C)(C)C)OC(C)(C)C. The van der Waals surface area contributed by atoms with Crippen LogP contribution in [0.15, 0.2) is 0 Å². The summed E-state index contributed by atoms with van der Waals surface area (Å²) in [5.74, 6) is -2.10. The normalized spacial score (nSPS) is 15.1. The van der Waals surface area contributed by atoms with Crippen molar-refractivity contribution in [3.63, 3.8) is 0 Å². The fraction of sp³-hybridized carbons (Fsp3) is 0.833. The average Bonchev–Trinajstić information content (AvgIpc) is 2.39. The van der Waals surface area contributed by atoms with Crippen molar-refractivity contribution in [2.75, 3.05) is 7.11 Å². The quantitative estimate of drug-likeness (QED) is 0.423. The van der Waals surface area contributed by atoms with E-state index in [9.17, 15) is 14.4 Å². The highest BCUT2D eigenvalue weighted by atomic mass is 16.7. The largest absolute Gasteiger partial charge is 0.466 e. The highest BCUT2D eigenvalue weighted by Crippen LogP contribution is 2.24. The van der Waals surface area contributed by atoms with E-state index in [2.05, 4.69) is 0 Å². The summed E-state index contributed by atoms with van der Waals surface area (Å²) in [5, 5.41) is 0. The summed E-state index contributed by atoms with van der Waals surface area (Å²) < 4.78 is 21.0. The van der Waals surface area contributed by atoms with Crippen molar-refractivity contribution in [2.45, 2.75) is 80.3 Å². The first-order valence-corrected chi connectivity index (χ1v) is 8.17. The molecule has 0 saturated carbocycles. The Hall–Kier alpha value is -1.63. The first-order valence-electron chi connectivity index (χ1n) is 8.17. The number of carbonyl (C=O) groups is 3. The molecule has 0 aromatic rings. The molecule has 0 N–H and O–H groups in total. The molecule has 0 aliphatic carbocycles. The molecule has 146 valence electrons. The molecule has 0 aromatic heterocycles. The van der Waals surface area contributed by atoms with Gasteiger partial charge >= 0.3 is 17.9 Å². The zero-order valence-electron chi connectivity index (χ0n) is 17.0. The number of methoxy groups -OCH3 is 1. The van der Waals surface area contributed by atoms with Crippen LogP contribution >= 0.6 is 0 Å². The Labute approximate surface area is 150 Å². The van der Waals surface area contributed by atoms with E-state index in [4.69, 9.17) is 18.9 Å². The highest BCUT2D eigenvalue weighted by Gasteiger charge is 2.42. The minimum atomic E-state index is -1.53. The van der Waals surface area contributed by atoms with E-state index in [0.717, 1.165) is 7.11 Å². The van der Waals surface area contributed by atoms with Crippen LogP contribution in [-0.2, 0) is 33.3 Å². The molecule has 0 aliphatic rings. The molecule has 2 atom stereocenters. The van der Waals surface area contributed by atoms with Crippen LogP contribution in [-0.4, -0.2) is 43.0 Å². The van der Waals surface area contributed by atoms with E-state index in [-0.39, 0.29) is 0 Å². The van der Waals surface area contributed by atoms with Gasteiger partial charge in [-0.15, -0.1) is 0 Å². The molecule has 0 aromatic carbocycles. The first-order chi connectivity index (χ1) is 11.0. The first kappa shape index (κ1) is 23.4. The maximum absolute atomic E-state index is 12.3. The van der Waals surface area contributed by atoms with Crippen LogP contribution in [0.4, 0.5) is 0 Å². The number of carbonyl (C=O) groups excluding carboxylic acids is 3. The summed E-state index contributed by atoms with van der Waals surface area (Å²) in [7, 11) is 1.15. The van der Waals surface area contributed by atoms with Gasteiger partial charge in [-0.2, -0.15) is 0 Å². The molecule has 0 fully saturated rings. The van der Waals surface area contributed by atoms with Crippen LogP contribution in [0.25, 0.3) is 0 Å². The van der Waals surface area contributed by atoms with E-state index in [1.165, 1.54) is 0 Å². The van der Waals surface area contributed by atoms with E-state index in [1.807, 2.05) is 0 Å². The fourth-order valence-electron chi connectivity index (χ4n) is 1.40. The maximum Gasteiger partial charge on any atom is 0.353 e. The predicted octanol–water partition coefficient (Wildman–Crippen LogP) is 2.85. The topological polar surface area (TPSA) is 88.1 Å². The summed E-state index contributed by atoms with van der Waals surface area (Å²) >= 11 is 0. The third kappa shape index (κ3) is 8.34. The Balaban J connectivity index is 5.71. The van der Waals surface area contributed by atoms with E-state index in [1.54, 1.807) is 62.3 Å². The van der Waals surface area contributed by atoms with Gasteiger partial charge in [0.1, 0.15) is 0 Å². The molecule has 0 unspecified atom stereocenters. The van der Waals surface area contributed by atoms with Gasteiger partial charge in [0.15, 0.2) is 0 Å². The van der Waals surface area contributed by atoms with Gasteiger partial charge in [0.2, 0.25) is 0 Å². The predicted molar refractivity (Wildman–Crippen MR) is 91.5 cm³/mol. The fourth-order valence-corrected chi connectivity index (χ4v) is 1.40. The molecular formula is C18H32O7. The Morgan fingerprint density at radius 1 is 0.720 bits per heavy atom. The van der Waals surface area contributed by atoms with Crippen LogP contribution in [0.2, 0.25) is 0 Å². The van der Waals surface area contributed by atoms with Gasteiger partial charge in [-0.05, 0) is 62.3 Å². The van der Waals surface area contributed by atoms with Crippen molar-refractivity contribution < 1.29 is 33.3 Å².